The highest BCUT2D eigenvalue weighted by Gasteiger charge is 2.23. The molecule has 0 aliphatic heterocycles. The predicted octanol–water partition coefficient (Wildman–Crippen LogP) is 3.10. The Hall–Kier alpha value is -0.250. The molecule has 0 radical (unpaired) electrons. The molecule has 0 aliphatic rings. The maximum Gasteiger partial charge on any atom is 0.243 e. The number of thiophene rings is 2. The van der Waals surface area contributed by atoms with E-state index in [0.717, 1.165) is 4.88 Å². The Bertz CT molecular complexity index is 649. The van der Waals surface area contributed by atoms with Crippen molar-refractivity contribution in [2.45, 2.75) is 24.5 Å². The molecule has 0 aromatic carbocycles. The first kappa shape index (κ1) is 15.1. The van der Waals surface area contributed by atoms with E-state index in [9.17, 15) is 8.42 Å². The van der Waals surface area contributed by atoms with Gasteiger partial charge in [0.25, 0.3) is 0 Å². The van der Waals surface area contributed by atoms with Gasteiger partial charge >= 0.3 is 0 Å². The third-order valence-electron chi connectivity index (χ3n) is 2.45. The fourth-order valence-corrected chi connectivity index (χ4v) is 6.13. The van der Waals surface area contributed by atoms with Crippen molar-refractivity contribution < 1.29 is 13.5 Å². The lowest BCUT2D eigenvalue weighted by Crippen LogP contribution is -2.26. The summed E-state index contributed by atoms with van der Waals surface area (Å²) in [4.78, 5) is 1.73. The topological polar surface area (TPSA) is 66.4 Å². The van der Waals surface area contributed by atoms with E-state index in [-0.39, 0.29) is 17.5 Å². The zero-order valence-electron chi connectivity index (χ0n) is 9.96. The minimum Gasteiger partial charge on any atom is -0.391 e. The van der Waals surface area contributed by atoms with Crippen molar-refractivity contribution in [3.8, 4) is 0 Å². The third-order valence-corrected chi connectivity index (χ3v) is 7.29. The van der Waals surface area contributed by atoms with Crippen LogP contribution in [0, 0.1) is 0 Å². The van der Waals surface area contributed by atoms with Gasteiger partial charge in [-0.15, -0.1) is 22.7 Å². The zero-order valence-corrected chi connectivity index (χ0v) is 14.0. The lowest BCUT2D eigenvalue weighted by Gasteiger charge is -2.12. The van der Waals surface area contributed by atoms with Crippen LogP contribution in [0.1, 0.15) is 22.7 Å². The number of aliphatic hydroxyl groups is 1. The average Bonchev–Trinajstić information content (AvgIpc) is 2.96. The second-order valence-electron chi connectivity index (χ2n) is 3.87. The Labute approximate surface area is 128 Å². The van der Waals surface area contributed by atoms with Gasteiger partial charge < -0.3 is 5.11 Å². The molecule has 0 amide bonds. The number of halogens is 1. The Morgan fingerprint density at radius 1 is 1.53 bits per heavy atom. The minimum atomic E-state index is -3.60. The van der Waals surface area contributed by atoms with E-state index in [1.165, 1.54) is 28.7 Å². The van der Waals surface area contributed by atoms with Crippen molar-refractivity contribution in [1.29, 1.82) is 0 Å². The molecule has 4 nitrogen and oxygen atoms in total. The summed E-state index contributed by atoms with van der Waals surface area (Å²) in [5.74, 6) is 0. The van der Waals surface area contributed by atoms with Crippen LogP contribution in [0.5, 0.6) is 0 Å². The van der Waals surface area contributed by atoms with Crippen molar-refractivity contribution >= 4 is 48.6 Å². The molecule has 104 valence electrons. The van der Waals surface area contributed by atoms with E-state index in [4.69, 9.17) is 5.11 Å². The van der Waals surface area contributed by atoms with Gasteiger partial charge in [0, 0.05) is 9.75 Å². The zero-order chi connectivity index (χ0) is 14.0. The van der Waals surface area contributed by atoms with Crippen molar-refractivity contribution in [3.05, 3.63) is 37.1 Å². The van der Waals surface area contributed by atoms with E-state index < -0.39 is 10.0 Å². The van der Waals surface area contributed by atoms with Gasteiger partial charge in [-0.3, -0.25) is 0 Å². The van der Waals surface area contributed by atoms with Crippen LogP contribution in [0.3, 0.4) is 0 Å². The molecule has 2 rings (SSSR count). The molecule has 8 heteroatoms. The number of aliphatic hydroxyl groups excluding tert-OH is 1. The average molecular weight is 382 g/mol. The molecule has 0 bridgehead atoms. The highest BCUT2D eigenvalue weighted by atomic mass is 79.9. The molecule has 2 aromatic rings. The SMILES string of the molecule is CC(NS(=O)(=O)c1cc(CO)sc1Br)c1cccs1. The van der Waals surface area contributed by atoms with Gasteiger partial charge in [0.15, 0.2) is 0 Å². The van der Waals surface area contributed by atoms with E-state index in [2.05, 4.69) is 20.7 Å². The quantitative estimate of drug-likeness (QED) is 0.835. The van der Waals surface area contributed by atoms with Crippen LogP contribution < -0.4 is 4.72 Å². The summed E-state index contributed by atoms with van der Waals surface area (Å²) in [6.07, 6.45) is 0. The fourth-order valence-electron chi connectivity index (χ4n) is 1.55. The van der Waals surface area contributed by atoms with Crippen molar-refractivity contribution in [2.75, 3.05) is 0 Å². The van der Waals surface area contributed by atoms with Gasteiger partial charge in [-0.2, -0.15) is 0 Å². The van der Waals surface area contributed by atoms with Gasteiger partial charge in [-0.1, -0.05) is 6.07 Å². The lowest BCUT2D eigenvalue weighted by molar-refractivity contribution is 0.285. The van der Waals surface area contributed by atoms with Crippen LogP contribution in [-0.2, 0) is 16.6 Å². The third kappa shape index (κ3) is 3.45. The van der Waals surface area contributed by atoms with Gasteiger partial charge in [0.05, 0.1) is 16.4 Å². The molecule has 0 fully saturated rings. The van der Waals surface area contributed by atoms with Crippen LogP contribution in [0.25, 0.3) is 0 Å². The standard InChI is InChI=1S/C11H12BrNO3S3/c1-7(9-3-2-4-17-9)13-19(15,16)10-5-8(6-14)18-11(10)12/h2-5,7,13-14H,6H2,1H3. The first-order chi connectivity index (χ1) is 8.94. The summed E-state index contributed by atoms with van der Waals surface area (Å²) < 4.78 is 27.7. The van der Waals surface area contributed by atoms with E-state index in [1.54, 1.807) is 6.92 Å². The first-order valence-electron chi connectivity index (χ1n) is 5.39. The maximum atomic E-state index is 12.3. The summed E-state index contributed by atoms with van der Waals surface area (Å²) in [5, 5.41) is 11.0. The Kier molecular flexibility index (Phi) is 4.80. The predicted molar refractivity (Wildman–Crippen MR) is 81.0 cm³/mol. The molecule has 0 saturated heterocycles. The van der Waals surface area contributed by atoms with Gasteiger partial charge in [0.1, 0.15) is 4.90 Å². The van der Waals surface area contributed by atoms with Crippen molar-refractivity contribution in [3.63, 3.8) is 0 Å². The Morgan fingerprint density at radius 2 is 2.26 bits per heavy atom. The number of sulfonamides is 1. The number of rotatable bonds is 5. The van der Waals surface area contributed by atoms with Crippen molar-refractivity contribution in [2.24, 2.45) is 0 Å². The monoisotopic (exact) mass is 381 g/mol. The van der Waals surface area contributed by atoms with Gasteiger partial charge in [0.2, 0.25) is 10.0 Å². The summed E-state index contributed by atoms with van der Waals surface area (Å²) in [7, 11) is -3.60. The summed E-state index contributed by atoms with van der Waals surface area (Å²) >= 11 is 5.94. The molecule has 19 heavy (non-hydrogen) atoms. The van der Waals surface area contributed by atoms with Gasteiger partial charge in [-0.05, 0) is 40.4 Å². The second kappa shape index (κ2) is 6.02. The molecule has 2 heterocycles. The molecule has 1 atom stereocenters. The van der Waals surface area contributed by atoms with Crippen LogP contribution in [0.15, 0.2) is 32.3 Å². The normalized spacial score (nSPS) is 13.6. The number of hydrogen-bond donors (Lipinski definition) is 2. The molecule has 0 saturated carbocycles. The molecule has 0 spiro atoms. The van der Waals surface area contributed by atoms with Crippen LogP contribution in [0.2, 0.25) is 0 Å². The van der Waals surface area contributed by atoms with E-state index in [1.807, 2.05) is 17.5 Å². The Morgan fingerprint density at radius 3 is 2.79 bits per heavy atom. The second-order valence-corrected chi connectivity index (χ2v) is 8.98. The number of nitrogens with one attached hydrogen (secondary N) is 1. The highest BCUT2D eigenvalue weighted by Crippen LogP contribution is 2.32. The molecule has 1 unspecified atom stereocenters. The van der Waals surface area contributed by atoms with E-state index >= 15 is 0 Å². The van der Waals surface area contributed by atoms with Crippen molar-refractivity contribution in [1.82, 2.24) is 4.72 Å². The molecule has 2 N–H and O–H groups in total. The number of hydrogen-bond acceptors (Lipinski definition) is 5. The summed E-state index contributed by atoms with van der Waals surface area (Å²) in [5.41, 5.74) is 0. The summed E-state index contributed by atoms with van der Waals surface area (Å²) in [6, 6.07) is 4.97. The van der Waals surface area contributed by atoms with E-state index in [0.29, 0.717) is 8.66 Å². The molecular weight excluding hydrogens is 370 g/mol. The maximum absolute atomic E-state index is 12.3. The Balaban J connectivity index is 2.25. The van der Waals surface area contributed by atoms with Gasteiger partial charge in [-0.25, -0.2) is 13.1 Å². The first-order valence-corrected chi connectivity index (χ1v) is 9.36. The summed E-state index contributed by atoms with van der Waals surface area (Å²) in [6.45, 7) is 1.63. The van der Waals surface area contributed by atoms with Crippen LogP contribution in [0.4, 0.5) is 0 Å². The minimum absolute atomic E-state index is 0.167. The highest BCUT2D eigenvalue weighted by molar-refractivity contribution is 9.11. The molecule has 2 aromatic heterocycles. The smallest absolute Gasteiger partial charge is 0.243 e. The molecule has 0 aliphatic carbocycles. The molecular formula is C11H12BrNO3S3. The van der Waals surface area contributed by atoms with Crippen LogP contribution >= 0.6 is 38.6 Å². The van der Waals surface area contributed by atoms with Crippen LogP contribution in [-0.4, -0.2) is 13.5 Å². The fraction of sp³-hybridized carbons (Fsp3) is 0.273. The largest absolute Gasteiger partial charge is 0.391 e. The lowest BCUT2D eigenvalue weighted by atomic mass is 10.3.